The van der Waals surface area contributed by atoms with Crippen LogP contribution in [-0.2, 0) is 14.6 Å². The first kappa shape index (κ1) is 16.4. The van der Waals surface area contributed by atoms with Crippen molar-refractivity contribution < 1.29 is 13.2 Å². The van der Waals surface area contributed by atoms with E-state index in [4.69, 9.17) is 5.73 Å². The highest BCUT2D eigenvalue weighted by Crippen LogP contribution is 2.18. The molecule has 1 rings (SSSR count). The molecule has 3 N–H and O–H groups in total. The predicted octanol–water partition coefficient (Wildman–Crippen LogP) is 0.693. The third kappa shape index (κ3) is 6.38. The molecule has 0 aromatic carbocycles. The Morgan fingerprint density at radius 1 is 1.42 bits per heavy atom. The van der Waals surface area contributed by atoms with E-state index in [1.165, 1.54) is 0 Å². The first-order valence-electron chi connectivity index (χ1n) is 7.14. The highest BCUT2D eigenvalue weighted by Gasteiger charge is 2.27. The number of hydrogen-bond donors (Lipinski definition) is 2. The van der Waals surface area contributed by atoms with Gasteiger partial charge >= 0.3 is 0 Å². The van der Waals surface area contributed by atoms with Gasteiger partial charge < -0.3 is 11.1 Å². The van der Waals surface area contributed by atoms with Crippen molar-refractivity contribution >= 4 is 15.7 Å². The Bertz CT molecular complexity index is 381. The predicted molar refractivity (Wildman–Crippen MR) is 76.5 cm³/mol. The molecule has 0 radical (unpaired) electrons. The minimum absolute atomic E-state index is 0.0276. The average Bonchev–Trinajstić information content (AvgIpc) is 2.71. The van der Waals surface area contributed by atoms with Crippen molar-refractivity contribution in [2.24, 2.45) is 17.6 Å². The average molecular weight is 290 g/mol. The lowest BCUT2D eigenvalue weighted by molar-refractivity contribution is -0.121. The van der Waals surface area contributed by atoms with Crippen LogP contribution in [0.4, 0.5) is 0 Å². The van der Waals surface area contributed by atoms with Gasteiger partial charge in [0.25, 0.3) is 0 Å². The summed E-state index contributed by atoms with van der Waals surface area (Å²) in [5, 5.41) is 2.85. The second-order valence-electron chi connectivity index (χ2n) is 5.46. The highest BCUT2D eigenvalue weighted by atomic mass is 32.2. The van der Waals surface area contributed by atoms with Gasteiger partial charge in [0.05, 0.1) is 11.5 Å². The van der Waals surface area contributed by atoms with Crippen LogP contribution in [0.2, 0.25) is 0 Å². The molecule has 19 heavy (non-hydrogen) atoms. The SMILES string of the molecule is CCC(CCN)CCC(=O)NCC1CCS(=O)(=O)C1. The van der Waals surface area contributed by atoms with Crippen molar-refractivity contribution in [2.45, 2.75) is 39.0 Å². The number of rotatable bonds is 8. The molecule has 1 amide bonds. The smallest absolute Gasteiger partial charge is 0.220 e. The van der Waals surface area contributed by atoms with E-state index in [1.807, 2.05) is 0 Å². The molecular formula is C13H26N2O3S. The van der Waals surface area contributed by atoms with Gasteiger partial charge in [-0.2, -0.15) is 0 Å². The van der Waals surface area contributed by atoms with Crippen LogP contribution in [0.5, 0.6) is 0 Å². The lowest BCUT2D eigenvalue weighted by Gasteiger charge is -2.14. The van der Waals surface area contributed by atoms with Gasteiger partial charge in [0.2, 0.25) is 5.91 Å². The Labute approximate surface area is 116 Å². The summed E-state index contributed by atoms with van der Waals surface area (Å²) >= 11 is 0. The largest absolute Gasteiger partial charge is 0.356 e. The summed E-state index contributed by atoms with van der Waals surface area (Å²) in [6.07, 6.45) is 4.06. The van der Waals surface area contributed by atoms with Crippen molar-refractivity contribution in [3.8, 4) is 0 Å². The van der Waals surface area contributed by atoms with Crippen molar-refractivity contribution in [3.63, 3.8) is 0 Å². The topological polar surface area (TPSA) is 89.3 Å². The number of amides is 1. The molecule has 2 atom stereocenters. The molecule has 1 heterocycles. The van der Waals surface area contributed by atoms with E-state index in [2.05, 4.69) is 12.2 Å². The fraction of sp³-hybridized carbons (Fsp3) is 0.923. The third-order valence-corrected chi connectivity index (χ3v) is 5.68. The molecule has 0 aromatic heterocycles. The second kappa shape index (κ2) is 7.85. The van der Waals surface area contributed by atoms with Crippen LogP contribution in [0.3, 0.4) is 0 Å². The van der Waals surface area contributed by atoms with Gasteiger partial charge in [-0.15, -0.1) is 0 Å². The number of carbonyl (C=O) groups is 1. The molecule has 6 heteroatoms. The van der Waals surface area contributed by atoms with E-state index in [0.29, 0.717) is 31.8 Å². The Hall–Kier alpha value is -0.620. The Morgan fingerprint density at radius 2 is 2.16 bits per heavy atom. The quantitative estimate of drug-likeness (QED) is 0.688. The first-order valence-corrected chi connectivity index (χ1v) is 8.96. The van der Waals surface area contributed by atoms with Crippen molar-refractivity contribution in [3.05, 3.63) is 0 Å². The number of hydrogen-bond acceptors (Lipinski definition) is 4. The van der Waals surface area contributed by atoms with Gasteiger partial charge in [0, 0.05) is 13.0 Å². The van der Waals surface area contributed by atoms with E-state index in [0.717, 1.165) is 19.3 Å². The normalized spacial score (nSPS) is 23.2. The van der Waals surface area contributed by atoms with E-state index >= 15 is 0 Å². The monoisotopic (exact) mass is 290 g/mol. The molecule has 1 fully saturated rings. The summed E-state index contributed by atoms with van der Waals surface area (Å²) in [4.78, 5) is 11.7. The molecule has 0 aliphatic carbocycles. The molecule has 2 unspecified atom stereocenters. The molecule has 0 aromatic rings. The van der Waals surface area contributed by atoms with E-state index in [-0.39, 0.29) is 23.3 Å². The van der Waals surface area contributed by atoms with Crippen LogP contribution in [0.15, 0.2) is 0 Å². The molecule has 1 aliphatic heterocycles. The van der Waals surface area contributed by atoms with Gasteiger partial charge in [-0.1, -0.05) is 13.3 Å². The van der Waals surface area contributed by atoms with Gasteiger partial charge in [0.15, 0.2) is 9.84 Å². The summed E-state index contributed by atoms with van der Waals surface area (Å²) < 4.78 is 22.6. The molecule has 112 valence electrons. The van der Waals surface area contributed by atoms with Crippen molar-refractivity contribution in [2.75, 3.05) is 24.6 Å². The fourth-order valence-corrected chi connectivity index (χ4v) is 4.36. The number of sulfone groups is 1. The maximum absolute atomic E-state index is 11.7. The number of nitrogens with one attached hydrogen (secondary N) is 1. The zero-order valence-electron chi connectivity index (χ0n) is 11.7. The second-order valence-corrected chi connectivity index (χ2v) is 7.69. The van der Waals surface area contributed by atoms with Crippen LogP contribution in [-0.4, -0.2) is 38.9 Å². The van der Waals surface area contributed by atoms with Crippen LogP contribution < -0.4 is 11.1 Å². The Morgan fingerprint density at radius 3 is 2.68 bits per heavy atom. The fourth-order valence-electron chi connectivity index (χ4n) is 2.50. The third-order valence-electron chi connectivity index (χ3n) is 3.85. The van der Waals surface area contributed by atoms with Gasteiger partial charge in [-0.25, -0.2) is 8.42 Å². The van der Waals surface area contributed by atoms with E-state index in [9.17, 15) is 13.2 Å². The van der Waals surface area contributed by atoms with Gasteiger partial charge in [-0.05, 0) is 37.6 Å². The summed E-state index contributed by atoms with van der Waals surface area (Å²) in [6, 6.07) is 0. The lowest BCUT2D eigenvalue weighted by atomic mass is 9.96. The summed E-state index contributed by atoms with van der Waals surface area (Å²) in [6.45, 7) is 3.27. The van der Waals surface area contributed by atoms with Crippen molar-refractivity contribution in [1.82, 2.24) is 5.32 Å². The van der Waals surface area contributed by atoms with Crippen LogP contribution in [0, 0.1) is 11.8 Å². The maximum atomic E-state index is 11.7. The molecule has 0 spiro atoms. The number of carbonyl (C=O) groups excluding carboxylic acids is 1. The minimum Gasteiger partial charge on any atom is -0.356 e. The Balaban J connectivity index is 2.18. The molecule has 0 bridgehead atoms. The molecule has 0 saturated carbocycles. The van der Waals surface area contributed by atoms with Crippen LogP contribution in [0.1, 0.15) is 39.0 Å². The molecular weight excluding hydrogens is 264 g/mol. The highest BCUT2D eigenvalue weighted by molar-refractivity contribution is 7.91. The molecule has 5 nitrogen and oxygen atoms in total. The number of nitrogens with two attached hydrogens (primary N) is 1. The summed E-state index contributed by atoms with van der Waals surface area (Å²) in [5.74, 6) is 1.13. The standard InChI is InChI=1S/C13H26N2O3S/c1-2-11(5-7-14)3-4-13(16)15-9-12-6-8-19(17,18)10-12/h11-12H,2-10,14H2,1H3,(H,15,16). The van der Waals surface area contributed by atoms with Gasteiger partial charge in [0.1, 0.15) is 0 Å². The van der Waals surface area contributed by atoms with Crippen LogP contribution >= 0.6 is 0 Å². The zero-order chi connectivity index (χ0) is 14.3. The van der Waals surface area contributed by atoms with Crippen LogP contribution in [0.25, 0.3) is 0 Å². The Kier molecular flexibility index (Phi) is 6.79. The summed E-state index contributed by atoms with van der Waals surface area (Å²) in [5.41, 5.74) is 5.52. The zero-order valence-corrected chi connectivity index (χ0v) is 12.5. The van der Waals surface area contributed by atoms with E-state index in [1.54, 1.807) is 0 Å². The van der Waals surface area contributed by atoms with E-state index < -0.39 is 9.84 Å². The first-order chi connectivity index (χ1) is 8.96. The minimum atomic E-state index is -2.85. The lowest BCUT2D eigenvalue weighted by Crippen LogP contribution is -2.30. The van der Waals surface area contributed by atoms with Gasteiger partial charge in [-0.3, -0.25) is 4.79 Å². The summed E-state index contributed by atoms with van der Waals surface area (Å²) in [7, 11) is -2.85. The van der Waals surface area contributed by atoms with Crippen molar-refractivity contribution in [1.29, 1.82) is 0 Å². The molecule has 1 aliphatic rings. The maximum Gasteiger partial charge on any atom is 0.220 e. The molecule has 1 saturated heterocycles.